The summed E-state index contributed by atoms with van der Waals surface area (Å²) in [5.41, 5.74) is 6.02. The lowest BCUT2D eigenvalue weighted by molar-refractivity contribution is 0.625. The molecule has 0 heterocycles. The number of halogens is 3. The molecule has 2 nitrogen and oxygen atoms in total. The number of unbranched alkanes of at least 4 members (excludes halogenated alkanes) is 1. The third-order valence-corrected chi connectivity index (χ3v) is 4.59. The number of nitrogens with zero attached hydrogens (tertiary/aromatic N) is 1. The third-order valence-electron chi connectivity index (χ3n) is 3.02. The van der Waals surface area contributed by atoms with E-state index in [4.69, 9.17) is 28.9 Å². The van der Waals surface area contributed by atoms with E-state index in [-0.39, 0.29) is 5.82 Å². The highest BCUT2D eigenvalue weighted by Gasteiger charge is 2.14. The first-order chi connectivity index (χ1) is 10.6. The van der Waals surface area contributed by atoms with Crippen LogP contribution in [0, 0.1) is 5.82 Å². The van der Waals surface area contributed by atoms with Crippen molar-refractivity contribution in [3.63, 3.8) is 0 Å². The van der Waals surface area contributed by atoms with Gasteiger partial charge in [-0.25, -0.2) is 4.39 Å². The SMILES string of the molecule is NCCCCN(Sc1ccc(Cl)cc1)c1cc(Cl)ccc1F. The fraction of sp³-hybridized carbons (Fsp3) is 0.250. The van der Waals surface area contributed by atoms with Gasteiger partial charge in [0.2, 0.25) is 0 Å². The molecule has 2 aromatic rings. The maximum absolute atomic E-state index is 14.1. The molecular weight excluding hydrogens is 342 g/mol. The van der Waals surface area contributed by atoms with Crippen LogP contribution in [0.15, 0.2) is 47.4 Å². The third kappa shape index (κ3) is 5.06. The highest BCUT2D eigenvalue weighted by Crippen LogP contribution is 2.33. The van der Waals surface area contributed by atoms with Crippen molar-refractivity contribution in [1.29, 1.82) is 0 Å². The molecule has 2 aromatic carbocycles. The fourth-order valence-corrected chi connectivity index (χ4v) is 3.18. The monoisotopic (exact) mass is 358 g/mol. The van der Waals surface area contributed by atoms with Crippen LogP contribution in [0.2, 0.25) is 10.0 Å². The molecule has 118 valence electrons. The van der Waals surface area contributed by atoms with Gasteiger partial charge < -0.3 is 10.0 Å². The van der Waals surface area contributed by atoms with E-state index in [1.165, 1.54) is 18.0 Å². The summed E-state index contributed by atoms with van der Waals surface area (Å²) in [6.45, 7) is 1.30. The number of nitrogens with two attached hydrogens (primary N) is 1. The number of hydrogen-bond donors (Lipinski definition) is 1. The van der Waals surface area contributed by atoms with Crippen molar-refractivity contribution in [2.24, 2.45) is 5.73 Å². The van der Waals surface area contributed by atoms with E-state index in [2.05, 4.69) is 0 Å². The first-order valence-corrected chi connectivity index (χ1v) is 8.49. The van der Waals surface area contributed by atoms with Gasteiger partial charge >= 0.3 is 0 Å². The van der Waals surface area contributed by atoms with E-state index in [9.17, 15) is 4.39 Å². The predicted octanol–water partition coefficient (Wildman–Crippen LogP) is 5.39. The van der Waals surface area contributed by atoms with E-state index in [0.29, 0.717) is 28.8 Å². The summed E-state index contributed by atoms with van der Waals surface area (Å²) < 4.78 is 16.0. The molecular formula is C16H17Cl2FN2S. The van der Waals surface area contributed by atoms with Crippen LogP contribution in [0.3, 0.4) is 0 Å². The zero-order chi connectivity index (χ0) is 15.9. The van der Waals surface area contributed by atoms with Crippen molar-refractivity contribution in [2.75, 3.05) is 17.4 Å². The summed E-state index contributed by atoms with van der Waals surface area (Å²) in [7, 11) is 0. The van der Waals surface area contributed by atoms with E-state index in [0.717, 1.165) is 17.7 Å². The lowest BCUT2D eigenvalue weighted by atomic mass is 10.2. The summed E-state index contributed by atoms with van der Waals surface area (Å²) in [5, 5.41) is 1.19. The highest BCUT2D eigenvalue weighted by molar-refractivity contribution is 8.00. The number of rotatable bonds is 7. The normalized spacial score (nSPS) is 10.7. The van der Waals surface area contributed by atoms with E-state index >= 15 is 0 Å². The smallest absolute Gasteiger partial charge is 0.147 e. The summed E-state index contributed by atoms with van der Waals surface area (Å²) in [4.78, 5) is 0.983. The summed E-state index contributed by atoms with van der Waals surface area (Å²) in [6.07, 6.45) is 1.77. The lowest BCUT2D eigenvalue weighted by Crippen LogP contribution is -2.18. The van der Waals surface area contributed by atoms with E-state index in [1.54, 1.807) is 12.1 Å². The van der Waals surface area contributed by atoms with Crippen molar-refractivity contribution in [3.05, 3.63) is 58.3 Å². The molecule has 0 radical (unpaired) electrons. The average molecular weight is 359 g/mol. The van der Waals surface area contributed by atoms with Gasteiger partial charge in [0.15, 0.2) is 0 Å². The minimum absolute atomic E-state index is 0.293. The summed E-state index contributed by atoms with van der Waals surface area (Å²) in [5.74, 6) is -0.293. The molecule has 22 heavy (non-hydrogen) atoms. The summed E-state index contributed by atoms with van der Waals surface area (Å²) >= 11 is 13.4. The van der Waals surface area contributed by atoms with Crippen LogP contribution in [0.4, 0.5) is 10.1 Å². The minimum atomic E-state index is -0.293. The molecule has 0 aliphatic heterocycles. The zero-order valence-electron chi connectivity index (χ0n) is 11.9. The summed E-state index contributed by atoms with van der Waals surface area (Å²) in [6, 6.07) is 12.0. The van der Waals surface area contributed by atoms with Crippen LogP contribution in [-0.4, -0.2) is 13.1 Å². The second-order valence-corrected chi connectivity index (χ2v) is 6.71. The van der Waals surface area contributed by atoms with Crippen LogP contribution < -0.4 is 10.0 Å². The van der Waals surface area contributed by atoms with Gasteiger partial charge in [-0.1, -0.05) is 23.2 Å². The molecule has 0 atom stereocenters. The Morgan fingerprint density at radius 1 is 1.00 bits per heavy atom. The van der Waals surface area contributed by atoms with Crippen molar-refractivity contribution < 1.29 is 4.39 Å². The lowest BCUT2D eigenvalue weighted by Gasteiger charge is -2.24. The molecule has 0 aromatic heterocycles. The molecule has 0 fully saturated rings. The zero-order valence-corrected chi connectivity index (χ0v) is 14.3. The first-order valence-electron chi connectivity index (χ1n) is 6.96. The molecule has 0 aliphatic carbocycles. The Morgan fingerprint density at radius 2 is 1.68 bits per heavy atom. The van der Waals surface area contributed by atoms with Gasteiger partial charge in [0, 0.05) is 21.5 Å². The van der Waals surface area contributed by atoms with Crippen molar-refractivity contribution in [3.8, 4) is 0 Å². The second-order valence-electron chi connectivity index (χ2n) is 4.74. The minimum Gasteiger partial charge on any atom is -0.330 e. The molecule has 6 heteroatoms. The van der Waals surface area contributed by atoms with Crippen LogP contribution in [0.1, 0.15) is 12.8 Å². The van der Waals surface area contributed by atoms with Gasteiger partial charge in [0.1, 0.15) is 5.82 Å². The van der Waals surface area contributed by atoms with Gasteiger partial charge in [0.25, 0.3) is 0 Å². The molecule has 2 rings (SSSR count). The van der Waals surface area contributed by atoms with Crippen molar-refractivity contribution in [2.45, 2.75) is 17.7 Å². The van der Waals surface area contributed by atoms with Crippen LogP contribution in [-0.2, 0) is 0 Å². The molecule has 0 aliphatic rings. The Hall–Kier alpha value is -0.940. The number of hydrogen-bond acceptors (Lipinski definition) is 3. The van der Waals surface area contributed by atoms with Gasteiger partial charge in [-0.05, 0) is 73.8 Å². The quantitative estimate of drug-likeness (QED) is 0.531. The predicted molar refractivity (Wildman–Crippen MR) is 94.4 cm³/mol. The molecule has 0 saturated heterocycles. The Bertz CT molecular complexity index is 608. The molecule has 0 bridgehead atoms. The van der Waals surface area contributed by atoms with Crippen molar-refractivity contribution >= 4 is 40.8 Å². The Morgan fingerprint density at radius 3 is 2.36 bits per heavy atom. The maximum atomic E-state index is 14.1. The van der Waals surface area contributed by atoms with Gasteiger partial charge in [-0.2, -0.15) is 0 Å². The van der Waals surface area contributed by atoms with E-state index < -0.39 is 0 Å². The average Bonchev–Trinajstić information content (AvgIpc) is 2.51. The number of anilines is 1. The molecule has 0 amide bonds. The fourth-order valence-electron chi connectivity index (χ4n) is 1.91. The van der Waals surface area contributed by atoms with Gasteiger partial charge in [0.05, 0.1) is 5.69 Å². The molecule has 2 N–H and O–H groups in total. The maximum Gasteiger partial charge on any atom is 0.147 e. The molecule has 0 saturated carbocycles. The van der Waals surface area contributed by atoms with Crippen LogP contribution >= 0.6 is 35.1 Å². The molecule has 0 unspecified atom stereocenters. The second kappa shape index (κ2) is 8.63. The van der Waals surface area contributed by atoms with Crippen LogP contribution in [0.5, 0.6) is 0 Å². The molecule has 0 spiro atoms. The highest BCUT2D eigenvalue weighted by atomic mass is 35.5. The Balaban J connectivity index is 2.21. The topological polar surface area (TPSA) is 29.3 Å². The van der Waals surface area contributed by atoms with Gasteiger partial charge in [-0.3, -0.25) is 0 Å². The number of benzene rings is 2. The van der Waals surface area contributed by atoms with Crippen molar-refractivity contribution in [1.82, 2.24) is 0 Å². The standard InChI is InChI=1S/C16H17Cl2FN2S/c17-12-3-6-14(7-4-12)22-21(10-2-1-9-20)16-11-13(18)5-8-15(16)19/h3-8,11H,1-2,9-10,20H2. The van der Waals surface area contributed by atoms with Crippen LogP contribution in [0.25, 0.3) is 0 Å². The first kappa shape index (κ1) is 17.4. The Labute approximate surface area is 144 Å². The Kier molecular flexibility index (Phi) is 6.83. The van der Waals surface area contributed by atoms with E-state index in [1.807, 2.05) is 28.6 Å². The van der Waals surface area contributed by atoms with Gasteiger partial charge in [-0.15, -0.1) is 0 Å². The largest absolute Gasteiger partial charge is 0.330 e.